The Kier molecular flexibility index (Phi) is 8.14. The zero-order chi connectivity index (χ0) is 25.7. The lowest BCUT2D eigenvalue weighted by Gasteiger charge is -2.39. The molecule has 2 aromatic carbocycles. The minimum atomic E-state index is -1.11. The number of likely N-dealkylation sites (N-methyl/N-ethyl adjacent to an activating group) is 1. The van der Waals surface area contributed by atoms with Gasteiger partial charge in [0.25, 0.3) is 5.91 Å². The number of hydrogen-bond acceptors (Lipinski definition) is 8. The SMILES string of the molecule is COc1ccc(NCCN(C)C(=O)[C@H]2C[C@@H](n3cc(-c4cccc(F)c4)nn3)[C@@H](O)[C@@H](CO)O2)cc1. The normalized spacial score (nSPS) is 21.7. The van der Waals surface area contributed by atoms with E-state index < -0.39 is 36.8 Å². The molecule has 0 unspecified atom stereocenters. The lowest BCUT2D eigenvalue weighted by atomic mass is 9.95. The zero-order valence-corrected chi connectivity index (χ0v) is 20.1. The fraction of sp³-hybridized carbons (Fsp3) is 0.400. The van der Waals surface area contributed by atoms with E-state index in [0.29, 0.717) is 24.3 Å². The van der Waals surface area contributed by atoms with Crippen LogP contribution in [0.15, 0.2) is 54.7 Å². The van der Waals surface area contributed by atoms with Gasteiger partial charge < -0.3 is 29.9 Å². The van der Waals surface area contributed by atoms with E-state index in [1.165, 1.54) is 16.8 Å². The van der Waals surface area contributed by atoms with Crippen molar-refractivity contribution in [1.82, 2.24) is 19.9 Å². The van der Waals surface area contributed by atoms with E-state index in [2.05, 4.69) is 15.6 Å². The Hall–Kier alpha value is -3.54. The Morgan fingerprint density at radius 3 is 2.78 bits per heavy atom. The summed E-state index contributed by atoms with van der Waals surface area (Å²) in [7, 11) is 3.28. The molecule has 1 aliphatic heterocycles. The highest BCUT2D eigenvalue weighted by molar-refractivity contribution is 5.81. The standard InChI is InChI=1S/C25H30FN5O5/c1-30(11-10-27-18-6-8-19(35-2)9-7-18)25(34)22-13-21(24(33)23(15-32)36-22)31-14-20(28-29-31)16-4-3-5-17(26)12-16/h3-9,12,14,21-24,27,32-33H,10-11,13,15H2,1-2H3/t21-,22-,23-,24-/m1/s1. The minimum absolute atomic E-state index is 0.138. The Labute approximate surface area is 208 Å². The van der Waals surface area contributed by atoms with Gasteiger partial charge >= 0.3 is 0 Å². The Bertz CT molecular complexity index is 1160. The van der Waals surface area contributed by atoms with Gasteiger partial charge in [0.2, 0.25) is 0 Å². The lowest BCUT2D eigenvalue weighted by molar-refractivity contribution is -0.177. The molecule has 4 rings (SSSR count). The molecule has 4 atom stereocenters. The van der Waals surface area contributed by atoms with Crippen LogP contribution in [-0.2, 0) is 9.53 Å². The Morgan fingerprint density at radius 2 is 2.08 bits per heavy atom. The second-order valence-corrected chi connectivity index (χ2v) is 8.65. The maximum Gasteiger partial charge on any atom is 0.251 e. The number of aliphatic hydroxyl groups is 2. The van der Waals surface area contributed by atoms with Crippen molar-refractivity contribution in [2.45, 2.75) is 30.8 Å². The van der Waals surface area contributed by atoms with Gasteiger partial charge in [-0.25, -0.2) is 9.07 Å². The number of methoxy groups -OCH3 is 1. The Morgan fingerprint density at radius 1 is 1.31 bits per heavy atom. The van der Waals surface area contributed by atoms with Crippen LogP contribution in [0.5, 0.6) is 5.75 Å². The molecule has 1 aromatic heterocycles. The van der Waals surface area contributed by atoms with E-state index in [4.69, 9.17) is 9.47 Å². The van der Waals surface area contributed by atoms with Gasteiger partial charge in [-0.05, 0) is 36.4 Å². The van der Waals surface area contributed by atoms with Crippen LogP contribution in [0.4, 0.5) is 10.1 Å². The first-order valence-electron chi connectivity index (χ1n) is 11.6. The summed E-state index contributed by atoms with van der Waals surface area (Å²) in [4.78, 5) is 14.7. The molecule has 3 N–H and O–H groups in total. The van der Waals surface area contributed by atoms with Crippen molar-refractivity contribution in [3.05, 3.63) is 60.5 Å². The summed E-state index contributed by atoms with van der Waals surface area (Å²) in [5.41, 5.74) is 1.87. The van der Waals surface area contributed by atoms with Crippen molar-refractivity contribution in [2.24, 2.45) is 0 Å². The van der Waals surface area contributed by atoms with E-state index >= 15 is 0 Å². The average molecular weight is 500 g/mol. The first-order chi connectivity index (χ1) is 17.4. The van der Waals surface area contributed by atoms with Crippen LogP contribution >= 0.6 is 0 Å². The summed E-state index contributed by atoms with van der Waals surface area (Å²) in [5, 5.41) is 32.0. The molecule has 192 valence electrons. The summed E-state index contributed by atoms with van der Waals surface area (Å²) in [6.07, 6.45) is -1.23. The summed E-state index contributed by atoms with van der Waals surface area (Å²) < 4.78 is 26.0. The maximum atomic E-state index is 13.6. The highest BCUT2D eigenvalue weighted by Gasteiger charge is 2.42. The van der Waals surface area contributed by atoms with Gasteiger partial charge in [0.1, 0.15) is 35.6 Å². The van der Waals surface area contributed by atoms with E-state index in [-0.39, 0.29) is 12.3 Å². The average Bonchev–Trinajstić information content (AvgIpc) is 3.39. The monoisotopic (exact) mass is 499 g/mol. The van der Waals surface area contributed by atoms with Crippen molar-refractivity contribution in [3.8, 4) is 17.0 Å². The number of ether oxygens (including phenoxy) is 2. The van der Waals surface area contributed by atoms with Crippen LogP contribution in [0, 0.1) is 5.82 Å². The van der Waals surface area contributed by atoms with Gasteiger partial charge in [-0.3, -0.25) is 4.79 Å². The summed E-state index contributed by atoms with van der Waals surface area (Å²) in [5.74, 6) is 0.0870. The molecule has 1 aliphatic rings. The zero-order valence-electron chi connectivity index (χ0n) is 20.1. The number of nitrogens with one attached hydrogen (secondary N) is 1. The van der Waals surface area contributed by atoms with Gasteiger partial charge in [-0.15, -0.1) is 5.10 Å². The molecular weight excluding hydrogens is 469 g/mol. The number of rotatable bonds is 9. The number of carbonyl (C=O) groups is 1. The highest BCUT2D eigenvalue weighted by atomic mass is 19.1. The van der Waals surface area contributed by atoms with E-state index in [0.717, 1.165) is 11.4 Å². The summed E-state index contributed by atoms with van der Waals surface area (Å²) >= 11 is 0. The molecule has 10 nitrogen and oxygen atoms in total. The van der Waals surface area contributed by atoms with Crippen LogP contribution in [0.3, 0.4) is 0 Å². The molecule has 0 spiro atoms. The predicted molar refractivity (Wildman–Crippen MR) is 130 cm³/mol. The Balaban J connectivity index is 1.40. The highest BCUT2D eigenvalue weighted by Crippen LogP contribution is 2.31. The van der Waals surface area contributed by atoms with Crippen molar-refractivity contribution in [2.75, 3.05) is 39.2 Å². The molecule has 0 saturated carbocycles. The fourth-order valence-electron chi connectivity index (χ4n) is 4.18. The third-order valence-corrected chi connectivity index (χ3v) is 6.24. The second-order valence-electron chi connectivity index (χ2n) is 8.65. The van der Waals surface area contributed by atoms with Crippen molar-refractivity contribution < 1.29 is 28.9 Å². The number of benzene rings is 2. The number of amides is 1. The van der Waals surface area contributed by atoms with E-state index in [9.17, 15) is 19.4 Å². The van der Waals surface area contributed by atoms with Gasteiger partial charge in [0.05, 0.1) is 26.0 Å². The van der Waals surface area contributed by atoms with Gasteiger partial charge in [0.15, 0.2) is 0 Å². The van der Waals surface area contributed by atoms with Gasteiger partial charge in [-0.2, -0.15) is 0 Å². The summed E-state index contributed by atoms with van der Waals surface area (Å²) in [6.45, 7) is 0.460. The van der Waals surface area contributed by atoms with Crippen LogP contribution in [0.1, 0.15) is 12.5 Å². The van der Waals surface area contributed by atoms with E-state index in [1.54, 1.807) is 37.4 Å². The minimum Gasteiger partial charge on any atom is -0.497 e. The third kappa shape index (κ3) is 5.81. The third-order valence-electron chi connectivity index (χ3n) is 6.24. The van der Waals surface area contributed by atoms with Crippen molar-refractivity contribution in [3.63, 3.8) is 0 Å². The number of aliphatic hydroxyl groups excluding tert-OH is 2. The molecule has 36 heavy (non-hydrogen) atoms. The smallest absolute Gasteiger partial charge is 0.251 e. The number of anilines is 1. The van der Waals surface area contributed by atoms with Crippen molar-refractivity contribution >= 4 is 11.6 Å². The predicted octanol–water partition coefficient (Wildman–Crippen LogP) is 1.72. The first kappa shape index (κ1) is 25.5. The molecule has 3 aromatic rings. The molecule has 11 heteroatoms. The fourth-order valence-corrected chi connectivity index (χ4v) is 4.18. The molecule has 1 fully saturated rings. The number of nitrogens with zero attached hydrogens (tertiary/aromatic N) is 4. The largest absolute Gasteiger partial charge is 0.497 e. The second kappa shape index (κ2) is 11.5. The van der Waals surface area contributed by atoms with Gasteiger partial charge in [-0.1, -0.05) is 17.3 Å². The number of aromatic nitrogens is 3. The van der Waals surface area contributed by atoms with Gasteiger partial charge in [0, 0.05) is 37.8 Å². The lowest BCUT2D eigenvalue weighted by Crippen LogP contribution is -2.52. The van der Waals surface area contributed by atoms with Crippen LogP contribution in [0.25, 0.3) is 11.3 Å². The topological polar surface area (TPSA) is 122 Å². The molecular formula is C25H30FN5O5. The van der Waals surface area contributed by atoms with Crippen molar-refractivity contribution in [1.29, 1.82) is 0 Å². The molecule has 1 saturated heterocycles. The number of carbonyl (C=O) groups excluding carboxylic acids is 1. The van der Waals surface area contributed by atoms with Crippen LogP contribution < -0.4 is 10.1 Å². The quantitative estimate of drug-likeness (QED) is 0.407. The number of halogens is 1. The molecule has 0 aliphatic carbocycles. The van der Waals surface area contributed by atoms with Crippen LogP contribution in [-0.4, -0.2) is 88.2 Å². The molecule has 0 radical (unpaired) electrons. The molecule has 0 bridgehead atoms. The molecule has 2 heterocycles. The maximum absolute atomic E-state index is 13.6. The van der Waals surface area contributed by atoms with Crippen LogP contribution in [0.2, 0.25) is 0 Å². The number of hydrogen-bond donors (Lipinski definition) is 3. The first-order valence-corrected chi connectivity index (χ1v) is 11.6. The van der Waals surface area contributed by atoms with E-state index in [1.807, 2.05) is 24.3 Å². The summed E-state index contributed by atoms with van der Waals surface area (Å²) in [6, 6.07) is 12.8. The molecule has 1 amide bonds.